The Hall–Kier alpha value is -1.36. The van der Waals surface area contributed by atoms with Crippen LogP contribution in [0.25, 0.3) is 0 Å². The molecule has 1 N–H and O–H groups in total. The van der Waals surface area contributed by atoms with Gasteiger partial charge in [-0.05, 0) is 0 Å². The molecule has 0 unspecified atom stereocenters. The summed E-state index contributed by atoms with van der Waals surface area (Å²) in [4.78, 5) is 19.9. The van der Waals surface area contributed by atoms with Crippen molar-refractivity contribution in [1.29, 1.82) is 0 Å². The molecule has 1 aromatic heterocycles. The molecule has 0 atom stereocenters. The van der Waals surface area contributed by atoms with Crippen molar-refractivity contribution >= 4 is 35.9 Å². The number of halogens is 1. The average molecular weight is 437 g/mol. The number of nitrogens with zero attached hydrogens (tertiary/aromatic N) is 4. The van der Waals surface area contributed by atoms with E-state index in [-0.39, 0.29) is 29.9 Å². The number of hydrogen-bond acceptors (Lipinski definition) is 6. The number of ether oxygens (including phenoxy) is 1. The molecule has 0 amide bonds. The summed E-state index contributed by atoms with van der Waals surface area (Å²) < 4.78 is 9.47. The van der Waals surface area contributed by atoms with Crippen molar-refractivity contribution in [3.8, 4) is 0 Å². The van der Waals surface area contributed by atoms with Crippen molar-refractivity contribution in [2.75, 3.05) is 46.9 Å². The summed E-state index contributed by atoms with van der Waals surface area (Å²) in [6, 6.07) is 1.89. The van der Waals surface area contributed by atoms with Crippen molar-refractivity contribution in [1.82, 2.24) is 20.3 Å². The minimum atomic E-state index is -0.222. The van der Waals surface area contributed by atoms with Crippen LogP contribution in [0.5, 0.6) is 0 Å². The van der Waals surface area contributed by atoms with Crippen LogP contribution in [0.3, 0.4) is 0 Å². The Morgan fingerprint density at radius 3 is 2.74 bits per heavy atom. The number of nitrogens with one attached hydrogen (secondary N) is 1. The van der Waals surface area contributed by atoms with E-state index in [1.165, 1.54) is 7.11 Å². The Labute approximate surface area is 153 Å². The van der Waals surface area contributed by atoms with Gasteiger partial charge in [0.05, 0.1) is 19.2 Å². The van der Waals surface area contributed by atoms with Crippen LogP contribution >= 0.6 is 24.0 Å². The number of esters is 1. The topological polar surface area (TPSA) is 83.2 Å². The van der Waals surface area contributed by atoms with Crippen LogP contribution in [0.4, 0.5) is 0 Å². The van der Waals surface area contributed by atoms with Crippen LogP contribution in [0.2, 0.25) is 0 Å². The zero-order chi connectivity index (χ0) is 15.8. The summed E-state index contributed by atoms with van der Waals surface area (Å²) in [6.45, 7) is 4.97. The summed E-state index contributed by atoms with van der Waals surface area (Å²) in [6.07, 6.45) is 1.93. The summed E-state index contributed by atoms with van der Waals surface area (Å²) in [5.41, 5.74) is 0.953. The number of carbonyl (C=O) groups excluding carboxylic acids is 1. The van der Waals surface area contributed by atoms with Gasteiger partial charge < -0.3 is 19.5 Å². The number of hydrogen-bond donors (Lipinski definition) is 1. The zero-order valence-electron chi connectivity index (χ0n) is 13.5. The van der Waals surface area contributed by atoms with Crippen molar-refractivity contribution in [2.45, 2.75) is 13.0 Å². The highest BCUT2D eigenvalue weighted by Gasteiger charge is 2.20. The largest absolute Gasteiger partial charge is 0.469 e. The second-order valence-corrected chi connectivity index (χ2v) is 5.05. The maximum absolute atomic E-state index is 11.1. The van der Waals surface area contributed by atoms with E-state index in [0.717, 1.165) is 44.4 Å². The number of piperazine rings is 1. The van der Waals surface area contributed by atoms with Crippen LogP contribution in [0.1, 0.15) is 12.1 Å². The normalized spacial score (nSPS) is 15.9. The van der Waals surface area contributed by atoms with Gasteiger partial charge in [0.1, 0.15) is 6.26 Å². The minimum Gasteiger partial charge on any atom is -0.469 e. The first-order valence-electron chi connectivity index (χ1n) is 7.37. The van der Waals surface area contributed by atoms with Crippen molar-refractivity contribution < 1.29 is 14.1 Å². The van der Waals surface area contributed by atoms with E-state index in [1.54, 1.807) is 13.3 Å². The molecule has 1 fully saturated rings. The van der Waals surface area contributed by atoms with E-state index in [1.807, 2.05) is 6.07 Å². The SMILES string of the molecule is CN=C(NCCC(=O)OC)N1CCN(Cc2ccon2)CC1.I. The Bertz CT molecular complexity index is 487. The van der Waals surface area contributed by atoms with Crippen LogP contribution < -0.4 is 5.32 Å². The van der Waals surface area contributed by atoms with E-state index in [9.17, 15) is 4.79 Å². The quantitative estimate of drug-likeness (QED) is 0.312. The molecule has 2 heterocycles. The molecule has 1 aliphatic heterocycles. The Morgan fingerprint density at radius 2 is 2.17 bits per heavy atom. The lowest BCUT2D eigenvalue weighted by Crippen LogP contribution is -2.52. The van der Waals surface area contributed by atoms with Gasteiger partial charge in [-0.1, -0.05) is 5.16 Å². The fourth-order valence-electron chi connectivity index (χ4n) is 2.38. The van der Waals surface area contributed by atoms with Gasteiger partial charge in [0.25, 0.3) is 0 Å². The summed E-state index contributed by atoms with van der Waals surface area (Å²) in [5, 5.41) is 7.13. The summed E-state index contributed by atoms with van der Waals surface area (Å²) >= 11 is 0. The Balaban J connectivity index is 0.00000264. The molecule has 2 rings (SSSR count). The zero-order valence-corrected chi connectivity index (χ0v) is 15.9. The first-order valence-corrected chi connectivity index (χ1v) is 7.37. The first-order chi connectivity index (χ1) is 10.7. The van der Waals surface area contributed by atoms with Crippen molar-refractivity contribution in [2.24, 2.45) is 4.99 Å². The second kappa shape index (κ2) is 10.4. The maximum atomic E-state index is 11.1. The van der Waals surface area contributed by atoms with Crippen LogP contribution in [0, 0.1) is 0 Å². The molecule has 23 heavy (non-hydrogen) atoms. The molecule has 130 valence electrons. The molecule has 8 nitrogen and oxygen atoms in total. The van der Waals surface area contributed by atoms with Crippen LogP contribution in [-0.4, -0.2) is 73.8 Å². The van der Waals surface area contributed by atoms with Crippen molar-refractivity contribution in [3.05, 3.63) is 18.0 Å². The first kappa shape index (κ1) is 19.7. The lowest BCUT2D eigenvalue weighted by molar-refractivity contribution is -0.140. The number of guanidine groups is 1. The highest BCUT2D eigenvalue weighted by atomic mass is 127. The average Bonchev–Trinajstić information content (AvgIpc) is 3.05. The molecular weight excluding hydrogens is 413 g/mol. The third-order valence-corrected chi connectivity index (χ3v) is 3.60. The number of methoxy groups -OCH3 is 1. The van der Waals surface area contributed by atoms with Gasteiger partial charge in [-0.15, -0.1) is 24.0 Å². The molecular formula is C14H24IN5O3. The van der Waals surface area contributed by atoms with E-state index >= 15 is 0 Å². The summed E-state index contributed by atoms with van der Waals surface area (Å²) in [7, 11) is 3.15. The third kappa shape index (κ3) is 6.34. The molecule has 0 spiro atoms. The molecule has 0 aromatic carbocycles. The standard InChI is InChI=1S/C14H23N5O3.HI/c1-15-14(16-5-3-13(20)21-2)19-8-6-18(7-9-19)11-12-4-10-22-17-12;/h4,10H,3,5-9,11H2,1-2H3,(H,15,16);1H. The van der Waals surface area contributed by atoms with Gasteiger partial charge in [0.15, 0.2) is 5.96 Å². The third-order valence-electron chi connectivity index (χ3n) is 3.60. The van der Waals surface area contributed by atoms with Gasteiger partial charge in [-0.25, -0.2) is 0 Å². The predicted octanol–water partition coefficient (Wildman–Crippen LogP) is 0.549. The minimum absolute atomic E-state index is 0. The van der Waals surface area contributed by atoms with Crippen molar-refractivity contribution in [3.63, 3.8) is 0 Å². The second-order valence-electron chi connectivity index (χ2n) is 5.05. The van der Waals surface area contributed by atoms with E-state index in [4.69, 9.17) is 4.52 Å². The molecule has 0 aliphatic carbocycles. The van der Waals surface area contributed by atoms with Gasteiger partial charge in [0, 0.05) is 52.4 Å². The van der Waals surface area contributed by atoms with Gasteiger partial charge >= 0.3 is 5.97 Å². The molecule has 0 bridgehead atoms. The molecule has 9 heteroatoms. The highest BCUT2D eigenvalue weighted by Crippen LogP contribution is 2.07. The Morgan fingerprint density at radius 1 is 1.43 bits per heavy atom. The fraction of sp³-hybridized carbons (Fsp3) is 0.643. The molecule has 1 aliphatic rings. The van der Waals surface area contributed by atoms with Gasteiger partial charge in [0.2, 0.25) is 0 Å². The number of aromatic nitrogens is 1. The van der Waals surface area contributed by atoms with E-state index in [0.29, 0.717) is 13.0 Å². The lowest BCUT2D eigenvalue weighted by atomic mass is 10.3. The lowest BCUT2D eigenvalue weighted by Gasteiger charge is -2.36. The molecule has 1 saturated heterocycles. The monoisotopic (exact) mass is 437 g/mol. The highest BCUT2D eigenvalue weighted by molar-refractivity contribution is 14.0. The summed E-state index contributed by atoms with van der Waals surface area (Å²) in [5.74, 6) is 0.602. The predicted molar refractivity (Wildman–Crippen MR) is 96.8 cm³/mol. The van der Waals surface area contributed by atoms with Gasteiger partial charge in [-0.3, -0.25) is 14.7 Å². The van der Waals surface area contributed by atoms with Crippen LogP contribution in [0.15, 0.2) is 21.8 Å². The van der Waals surface area contributed by atoms with E-state index in [2.05, 4.69) is 30.0 Å². The number of aliphatic imine (C=N–C) groups is 1. The Kier molecular flexibility index (Phi) is 8.92. The maximum Gasteiger partial charge on any atom is 0.307 e. The molecule has 0 saturated carbocycles. The van der Waals surface area contributed by atoms with Crippen LogP contribution in [-0.2, 0) is 16.1 Å². The molecule has 1 aromatic rings. The smallest absolute Gasteiger partial charge is 0.307 e. The molecule has 0 radical (unpaired) electrons. The fourth-order valence-corrected chi connectivity index (χ4v) is 2.38. The van der Waals surface area contributed by atoms with Gasteiger partial charge in [-0.2, -0.15) is 0 Å². The van der Waals surface area contributed by atoms with E-state index < -0.39 is 0 Å². The number of carbonyl (C=O) groups is 1. The number of rotatable bonds is 5.